The van der Waals surface area contributed by atoms with Gasteiger partial charge in [0.1, 0.15) is 24.8 Å². The van der Waals surface area contributed by atoms with Crippen LogP contribution >= 0.6 is 0 Å². The van der Waals surface area contributed by atoms with Crippen molar-refractivity contribution in [1.29, 1.82) is 0 Å². The molecule has 166 valence electrons. The number of carbonyl (C=O) groups is 1. The fourth-order valence-corrected chi connectivity index (χ4v) is 3.64. The summed E-state index contributed by atoms with van der Waals surface area (Å²) in [5, 5.41) is 2.86. The normalized spacial score (nSPS) is 11.0. The molecule has 0 saturated carbocycles. The van der Waals surface area contributed by atoms with Gasteiger partial charge in [-0.25, -0.2) is 4.98 Å². The first-order valence-electron chi connectivity index (χ1n) is 11.1. The first-order valence-corrected chi connectivity index (χ1v) is 11.1. The van der Waals surface area contributed by atoms with Gasteiger partial charge in [0.05, 0.1) is 17.6 Å². The molecule has 1 N–H and O–H groups in total. The lowest BCUT2D eigenvalue weighted by molar-refractivity contribution is -0.124. The molecule has 0 fully saturated rings. The van der Waals surface area contributed by atoms with Crippen LogP contribution in [0.15, 0.2) is 48.5 Å². The van der Waals surface area contributed by atoms with Crippen molar-refractivity contribution in [2.75, 3.05) is 26.9 Å². The maximum absolute atomic E-state index is 11.4. The molecule has 0 aliphatic rings. The van der Waals surface area contributed by atoms with Crippen molar-refractivity contribution >= 4 is 16.9 Å². The second-order valence-corrected chi connectivity index (χ2v) is 7.61. The van der Waals surface area contributed by atoms with Gasteiger partial charge >= 0.3 is 0 Å². The Bertz CT molecular complexity index is 950. The molecular formula is C25H33N3O3. The first kappa shape index (κ1) is 22.8. The highest BCUT2D eigenvalue weighted by atomic mass is 16.5. The summed E-state index contributed by atoms with van der Waals surface area (Å²) in [6.45, 7) is 4.32. The molecule has 0 unspecified atom stereocenters. The number of amides is 1. The van der Waals surface area contributed by atoms with Crippen LogP contribution in [0.3, 0.4) is 0 Å². The lowest BCUT2D eigenvalue weighted by Crippen LogP contribution is -2.27. The van der Waals surface area contributed by atoms with E-state index in [0.29, 0.717) is 13.2 Å². The van der Waals surface area contributed by atoms with Crippen LogP contribution < -0.4 is 10.1 Å². The number of hydrogen-bond acceptors (Lipinski definition) is 4. The van der Waals surface area contributed by atoms with Crippen LogP contribution in [0.4, 0.5) is 0 Å². The predicted molar refractivity (Wildman–Crippen MR) is 123 cm³/mol. The zero-order chi connectivity index (χ0) is 21.9. The van der Waals surface area contributed by atoms with Gasteiger partial charge in [0.15, 0.2) is 0 Å². The number of para-hydroxylation sites is 2. The van der Waals surface area contributed by atoms with Crippen molar-refractivity contribution in [1.82, 2.24) is 14.9 Å². The van der Waals surface area contributed by atoms with Gasteiger partial charge in [-0.15, -0.1) is 0 Å². The molecule has 2 aromatic carbocycles. The molecule has 6 heteroatoms. The van der Waals surface area contributed by atoms with Gasteiger partial charge in [-0.05, 0) is 49.1 Å². The summed E-state index contributed by atoms with van der Waals surface area (Å²) in [4.78, 5) is 16.3. The van der Waals surface area contributed by atoms with Crippen molar-refractivity contribution < 1.29 is 14.3 Å². The average molecular weight is 424 g/mol. The number of imidazole rings is 1. The van der Waals surface area contributed by atoms with E-state index in [2.05, 4.69) is 47.1 Å². The zero-order valence-electron chi connectivity index (χ0n) is 18.6. The molecule has 0 saturated heterocycles. The van der Waals surface area contributed by atoms with Gasteiger partial charge in [0.2, 0.25) is 5.91 Å². The fraction of sp³-hybridized carbons (Fsp3) is 0.440. The second kappa shape index (κ2) is 12.1. The third-order valence-corrected chi connectivity index (χ3v) is 5.32. The van der Waals surface area contributed by atoms with Crippen molar-refractivity contribution in [3.8, 4) is 5.75 Å². The lowest BCUT2D eigenvalue weighted by Gasteiger charge is -2.11. The van der Waals surface area contributed by atoms with Crippen LogP contribution in [0, 0.1) is 0 Å². The quantitative estimate of drug-likeness (QED) is 0.420. The molecule has 3 aromatic rings. The molecule has 0 spiro atoms. The van der Waals surface area contributed by atoms with Crippen molar-refractivity contribution in [3.63, 3.8) is 0 Å². The van der Waals surface area contributed by atoms with Gasteiger partial charge in [-0.1, -0.05) is 37.6 Å². The van der Waals surface area contributed by atoms with Crippen molar-refractivity contribution in [3.05, 3.63) is 59.9 Å². The molecule has 1 aromatic heterocycles. The molecule has 6 nitrogen and oxygen atoms in total. The summed E-state index contributed by atoms with van der Waals surface area (Å²) < 4.78 is 13.1. The minimum absolute atomic E-state index is 0.0615. The summed E-state index contributed by atoms with van der Waals surface area (Å²) in [5.74, 6) is 1.93. The number of hydrogen-bond donors (Lipinski definition) is 1. The number of aromatic nitrogens is 2. The molecule has 0 aliphatic carbocycles. The minimum atomic E-state index is -0.0615. The van der Waals surface area contributed by atoms with Gasteiger partial charge in [-0.2, -0.15) is 0 Å². The van der Waals surface area contributed by atoms with Gasteiger partial charge in [0.25, 0.3) is 0 Å². The van der Waals surface area contributed by atoms with Gasteiger partial charge in [-0.3, -0.25) is 4.79 Å². The number of benzene rings is 2. The van der Waals surface area contributed by atoms with E-state index in [-0.39, 0.29) is 12.5 Å². The number of unbranched alkanes of at least 4 members (excludes halogenated alkanes) is 2. The largest absolute Gasteiger partial charge is 0.492 e. The number of rotatable bonds is 13. The predicted octanol–water partition coefficient (Wildman–Crippen LogP) is 4.15. The Morgan fingerprint density at radius 3 is 2.65 bits per heavy atom. The van der Waals surface area contributed by atoms with Crippen LogP contribution in [0.1, 0.15) is 37.6 Å². The van der Waals surface area contributed by atoms with Gasteiger partial charge in [0, 0.05) is 20.1 Å². The number of nitrogens with zero attached hydrogens (tertiary/aromatic N) is 2. The second-order valence-electron chi connectivity index (χ2n) is 7.61. The van der Waals surface area contributed by atoms with Crippen LogP contribution in [0.5, 0.6) is 5.75 Å². The van der Waals surface area contributed by atoms with Crippen LogP contribution in [-0.4, -0.2) is 42.3 Å². The molecule has 1 heterocycles. The van der Waals surface area contributed by atoms with E-state index < -0.39 is 0 Å². The van der Waals surface area contributed by atoms with E-state index >= 15 is 0 Å². The molecule has 0 radical (unpaired) electrons. The van der Waals surface area contributed by atoms with E-state index in [1.54, 1.807) is 0 Å². The molecule has 0 atom stereocenters. The summed E-state index contributed by atoms with van der Waals surface area (Å²) in [7, 11) is 1.53. The molecule has 3 rings (SSSR count). The molecule has 0 bridgehead atoms. The topological polar surface area (TPSA) is 65.4 Å². The van der Waals surface area contributed by atoms with E-state index in [0.717, 1.165) is 61.3 Å². The SMILES string of the molecule is CCc1ccc(OCCn2c(CCCCCNC(=O)COC)nc3ccccc32)cc1. The summed E-state index contributed by atoms with van der Waals surface area (Å²) >= 11 is 0. The third kappa shape index (κ3) is 6.82. The van der Waals surface area contributed by atoms with E-state index in [1.165, 1.54) is 12.7 Å². The molecule has 0 aliphatic heterocycles. The van der Waals surface area contributed by atoms with Crippen LogP contribution in [0.25, 0.3) is 11.0 Å². The van der Waals surface area contributed by atoms with E-state index in [9.17, 15) is 4.79 Å². The molecule has 31 heavy (non-hydrogen) atoms. The third-order valence-electron chi connectivity index (χ3n) is 5.32. The number of methoxy groups -OCH3 is 1. The highest BCUT2D eigenvalue weighted by Crippen LogP contribution is 2.19. The fourth-order valence-electron chi connectivity index (χ4n) is 3.64. The standard InChI is InChI=1S/C25H33N3O3/c1-3-20-12-14-21(15-13-20)31-18-17-28-23-10-7-6-9-22(23)27-24(28)11-5-4-8-16-26-25(29)19-30-2/h6-7,9-10,12-15H,3-5,8,11,16-19H2,1-2H3,(H,26,29). The average Bonchev–Trinajstić information content (AvgIpc) is 3.14. The van der Waals surface area contributed by atoms with Crippen molar-refractivity contribution in [2.45, 2.75) is 45.6 Å². The molecule has 1 amide bonds. The molecular weight excluding hydrogens is 390 g/mol. The zero-order valence-corrected chi connectivity index (χ0v) is 18.6. The number of nitrogens with one attached hydrogen (secondary N) is 1. The number of fused-ring (bicyclic) bond motifs is 1. The summed E-state index contributed by atoms with van der Waals surface area (Å²) in [6.07, 6.45) is 4.96. The Labute approximate surface area is 184 Å². The van der Waals surface area contributed by atoms with Crippen LogP contribution in [0.2, 0.25) is 0 Å². The smallest absolute Gasteiger partial charge is 0.245 e. The lowest BCUT2D eigenvalue weighted by atomic mass is 10.2. The minimum Gasteiger partial charge on any atom is -0.492 e. The Morgan fingerprint density at radius 1 is 1.06 bits per heavy atom. The maximum atomic E-state index is 11.4. The van der Waals surface area contributed by atoms with Crippen LogP contribution in [-0.2, 0) is 28.9 Å². The van der Waals surface area contributed by atoms with Gasteiger partial charge < -0.3 is 19.4 Å². The summed E-state index contributed by atoms with van der Waals surface area (Å²) in [6, 6.07) is 16.6. The first-order chi connectivity index (χ1) is 15.2. The summed E-state index contributed by atoms with van der Waals surface area (Å²) in [5.41, 5.74) is 3.49. The maximum Gasteiger partial charge on any atom is 0.245 e. The Hall–Kier alpha value is -2.86. The number of aryl methyl sites for hydroxylation is 2. The Morgan fingerprint density at radius 2 is 1.87 bits per heavy atom. The monoisotopic (exact) mass is 423 g/mol. The van der Waals surface area contributed by atoms with Crippen molar-refractivity contribution in [2.24, 2.45) is 0 Å². The highest BCUT2D eigenvalue weighted by molar-refractivity contribution is 5.77. The van der Waals surface area contributed by atoms with E-state index in [1.807, 2.05) is 18.2 Å². The highest BCUT2D eigenvalue weighted by Gasteiger charge is 2.10. The Balaban J connectivity index is 1.52. The number of carbonyl (C=O) groups excluding carboxylic acids is 1. The van der Waals surface area contributed by atoms with E-state index in [4.69, 9.17) is 14.5 Å². The number of ether oxygens (including phenoxy) is 2. The Kier molecular flexibility index (Phi) is 8.91.